The fourth-order valence-corrected chi connectivity index (χ4v) is 6.28. The molecule has 2 aromatic carbocycles. The van der Waals surface area contributed by atoms with E-state index < -0.39 is 11.2 Å². The first-order valence-electron chi connectivity index (χ1n) is 16.2. The van der Waals surface area contributed by atoms with Crippen LogP contribution in [0.3, 0.4) is 0 Å². The molecule has 0 radical (unpaired) electrons. The van der Waals surface area contributed by atoms with Crippen molar-refractivity contribution in [2.24, 2.45) is 5.92 Å². The standard InChI is InChI=1S/C32H40FN3O3S.C4H10O2.H2O/c1-21-9-13-35(14-10-21)30-34-28(20-40-30)26-8-6-7-22(2)29(26)38-19-23-17-24-11-15-36(31(37)39-32(3,4)5)16-12-25(24)27(33)18-23;1-4(2,3)6-5;/h6-8,17-18,20-21H,9-16,19H2,1-5H3;5H,1-3H3;1H2. The van der Waals surface area contributed by atoms with E-state index in [2.05, 4.69) is 22.1 Å². The minimum Gasteiger partial charge on any atom is -0.488 e. The second kappa shape index (κ2) is 16.2. The van der Waals surface area contributed by atoms with Crippen LogP contribution < -0.4 is 9.64 Å². The van der Waals surface area contributed by atoms with E-state index in [1.807, 2.05) is 52.0 Å². The van der Waals surface area contributed by atoms with Gasteiger partial charge in [0.25, 0.3) is 0 Å². The van der Waals surface area contributed by atoms with Gasteiger partial charge in [0.05, 0.1) is 11.3 Å². The molecule has 1 fully saturated rings. The van der Waals surface area contributed by atoms with E-state index in [-0.39, 0.29) is 24.0 Å². The van der Waals surface area contributed by atoms with E-state index in [9.17, 15) is 4.79 Å². The molecule has 0 atom stereocenters. The van der Waals surface area contributed by atoms with E-state index in [1.54, 1.807) is 43.1 Å². The number of aryl methyl sites for hydroxylation is 1. The molecule has 0 unspecified atom stereocenters. The fourth-order valence-electron chi connectivity index (χ4n) is 5.40. The van der Waals surface area contributed by atoms with E-state index >= 15 is 4.39 Å². The maximum Gasteiger partial charge on any atom is 0.410 e. The predicted molar refractivity (Wildman–Crippen MR) is 186 cm³/mol. The van der Waals surface area contributed by atoms with Crippen molar-refractivity contribution in [1.29, 1.82) is 0 Å². The fraction of sp³-hybridized carbons (Fsp3) is 0.556. The average Bonchev–Trinajstić information content (AvgIpc) is 3.36. The number of halogens is 1. The second-order valence-electron chi connectivity index (χ2n) is 14.3. The number of amides is 1. The Bertz CT molecular complexity index is 1470. The molecule has 47 heavy (non-hydrogen) atoms. The molecule has 2 aliphatic rings. The summed E-state index contributed by atoms with van der Waals surface area (Å²) in [5.74, 6) is 1.30. The minimum absolute atomic E-state index is 0. The number of benzene rings is 2. The van der Waals surface area contributed by atoms with Crippen LogP contribution in [0, 0.1) is 18.7 Å². The van der Waals surface area contributed by atoms with Gasteiger partial charge in [0.15, 0.2) is 5.13 Å². The number of aromatic nitrogens is 1. The van der Waals surface area contributed by atoms with Crippen LogP contribution in [0.15, 0.2) is 35.7 Å². The van der Waals surface area contributed by atoms with Crippen molar-refractivity contribution < 1.29 is 34.3 Å². The highest BCUT2D eigenvalue weighted by Crippen LogP contribution is 2.37. The van der Waals surface area contributed by atoms with Gasteiger partial charge in [-0.05, 0) is 114 Å². The number of carbonyl (C=O) groups is 1. The SMILES string of the molecule is CC(C)(C)OO.Cc1cccc(-c2csc(N3CCC(C)CC3)n2)c1OCc1cc(F)c2c(c1)CCN(C(=O)OC(C)(C)C)CC2.O. The van der Waals surface area contributed by atoms with Crippen molar-refractivity contribution in [3.63, 3.8) is 0 Å². The summed E-state index contributed by atoms with van der Waals surface area (Å²) in [6.45, 7) is 18.5. The summed E-state index contributed by atoms with van der Waals surface area (Å²) in [7, 11) is 0. The zero-order valence-corrected chi connectivity index (χ0v) is 29.9. The molecular weight excluding hydrogens is 621 g/mol. The summed E-state index contributed by atoms with van der Waals surface area (Å²) >= 11 is 1.68. The van der Waals surface area contributed by atoms with Crippen LogP contribution in [0.25, 0.3) is 11.3 Å². The Morgan fingerprint density at radius 3 is 2.34 bits per heavy atom. The summed E-state index contributed by atoms with van der Waals surface area (Å²) in [5, 5.41) is 11.1. The smallest absolute Gasteiger partial charge is 0.410 e. The Balaban J connectivity index is 0.000000785. The number of hydrogen-bond acceptors (Lipinski definition) is 8. The number of fused-ring (bicyclic) bond motifs is 1. The molecule has 260 valence electrons. The second-order valence-corrected chi connectivity index (χ2v) is 15.1. The number of piperidine rings is 1. The normalized spacial score (nSPS) is 15.5. The topological polar surface area (TPSA) is 116 Å². The number of hydrogen-bond donors (Lipinski definition) is 1. The van der Waals surface area contributed by atoms with Gasteiger partial charge in [-0.3, -0.25) is 5.26 Å². The maximum absolute atomic E-state index is 15.3. The van der Waals surface area contributed by atoms with Crippen molar-refractivity contribution in [1.82, 2.24) is 9.88 Å². The molecule has 3 heterocycles. The lowest BCUT2D eigenvalue weighted by Gasteiger charge is -2.29. The quantitative estimate of drug-likeness (QED) is 0.217. The third-order valence-electron chi connectivity index (χ3n) is 7.97. The molecule has 5 rings (SSSR count). The summed E-state index contributed by atoms with van der Waals surface area (Å²) in [6.07, 6.45) is 3.09. The molecule has 2 aliphatic heterocycles. The number of carbonyl (C=O) groups excluding carboxylic acids is 1. The number of para-hydroxylation sites is 1. The molecule has 1 amide bonds. The van der Waals surface area contributed by atoms with E-state index in [1.165, 1.54) is 12.8 Å². The van der Waals surface area contributed by atoms with Crippen LogP contribution >= 0.6 is 11.3 Å². The van der Waals surface area contributed by atoms with Crippen LogP contribution in [0.1, 0.15) is 83.6 Å². The Labute approximate surface area is 282 Å². The number of anilines is 1. The molecule has 3 aromatic rings. The predicted octanol–water partition coefficient (Wildman–Crippen LogP) is 7.86. The molecule has 9 nitrogen and oxygen atoms in total. The molecule has 3 N–H and O–H groups in total. The number of ether oxygens (including phenoxy) is 2. The number of nitrogens with zero attached hydrogens (tertiary/aromatic N) is 3. The lowest BCUT2D eigenvalue weighted by Crippen LogP contribution is -2.38. The van der Waals surface area contributed by atoms with Gasteiger partial charge in [0, 0.05) is 37.1 Å². The first kappa shape index (κ1) is 38.2. The van der Waals surface area contributed by atoms with Crippen LogP contribution in [0.5, 0.6) is 5.75 Å². The molecule has 1 saturated heterocycles. The zero-order valence-electron chi connectivity index (χ0n) is 29.1. The van der Waals surface area contributed by atoms with Gasteiger partial charge in [-0.2, -0.15) is 0 Å². The Morgan fingerprint density at radius 1 is 1.04 bits per heavy atom. The zero-order chi connectivity index (χ0) is 33.6. The molecule has 0 bridgehead atoms. The minimum atomic E-state index is -0.563. The maximum atomic E-state index is 15.3. The van der Waals surface area contributed by atoms with Crippen molar-refractivity contribution in [3.8, 4) is 17.0 Å². The molecule has 0 aliphatic carbocycles. The largest absolute Gasteiger partial charge is 0.488 e. The summed E-state index contributed by atoms with van der Waals surface area (Å²) in [5.41, 5.74) is 4.29. The van der Waals surface area contributed by atoms with Crippen molar-refractivity contribution >= 4 is 22.6 Å². The van der Waals surface area contributed by atoms with Crippen molar-refractivity contribution in [3.05, 3.63) is 63.8 Å². The number of rotatable bonds is 5. The lowest BCUT2D eigenvalue weighted by atomic mass is 9.99. The highest BCUT2D eigenvalue weighted by molar-refractivity contribution is 7.14. The number of thiazole rings is 1. The van der Waals surface area contributed by atoms with Crippen LogP contribution in [-0.4, -0.2) is 64.1 Å². The third kappa shape index (κ3) is 10.9. The Hall–Kier alpha value is -3.25. The summed E-state index contributed by atoms with van der Waals surface area (Å²) in [6, 6.07) is 9.69. The third-order valence-corrected chi connectivity index (χ3v) is 8.87. The van der Waals surface area contributed by atoms with Gasteiger partial charge in [-0.25, -0.2) is 19.1 Å². The Morgan fingerprint density at radius 2 is 1.70 bits per heavy atom. The van der Waals surface area contributed by atoms with Gasteiger partial charge in [0.2, 0.25) is 0 Å². The molecule has 0 saturated carbocycles. The highest BCUT2D eigenvalue weighted by Gasteiger charge is 2.26. The van der Waals surface area contributed by atoms with E-state index in [4.69, 9.17) is 19.7 Å². The van der Waals surface area contributed by atoms with Gasteiger partial charge in [-0.1, -0.05) is 25.1 Å². The first-order valence-corrected chi connectivity index (χ1v) is 17.1. The molecule has 0 spiro atoms. The van der Waals surface area contributed by atoms with Crippen molar-refractivity contribution in [2.45, 2.75) is 98.9 Å². The summed E-state index contributed by atoms with van der Waals surface area (Å²) < 4.78 is 27.2. The van der Waals surface area contributed by atoms with Gasteiger partial charge in [0.1, 0.15) is 23.8 Å². The van der Waals surface area contributed by atoms with E-state index in [0.717, 1.165) is 57.8 Å². The lowest BCUT2D eigenvalue weighted by molar-refractivity contribution is -0.306. The first-order chi connectivity index (χ1) is 21.6. The average molecular weight is 674 g/mol. The van der Waals surface area contributed by atoms with E-state index in [0.29, 0.717) is 31.5 Å². The monoisotopic (exact) mass is 673 g/mol. The van der Waals surface area contributed by atoms with Crippen LogP contribution in [0.2, 0.25) is 0 Å². The van der Waals surface area contributed by atoms with Gasteiger partial charge >= 0.3 is 6.09 Å². The summed E-state index contributed by atoms with van der Waals surface area (Å²) in [4.78, 5) is 25.6. The molecule has 1 aromatic heterocycles. The Kier molecular flexibility index (Phi) is 13.2. The van der Waals surface area contributed by atoms with Crippen molar-refractivity contribution in [2.75, 3.05) is 31.1 Å². The van der Waals surface area contributed by atoms with Crippen LogP contribution in [0.4, 0.5) is 14.3 Å². The highest BCUT2D eigenvalue weighted by atomic mass is 32.1. The van der Waals surface area contributed by atoms with Gasteiger partial charge < -0.3 is 24.7 Å². The van der Waals surface area contributed by atoms with Gasteiger partial charge in [-0.15, -0.1) is 11.3 Å². The molecular formula is C36H52FN3O6S. The van der Waals surface area contributed by atoms with Crippen LogP contribution in [-0.2, 0) is 29.1 Å². The molecule has 11 heteroatoms.